The molecule has 0 saturated carbocycles. The fourth-order valence-corrected chi connectivity index (χ4v) is 3.14. The summed E-state index contributed by atoms with van der Waals surface area (Å²) < 4.78 is 3.16. The maximum atomic E-state index is 5.59. The van der Waals surface area contributed by atoms with Gasteiger partial charge in [-0.1, -0.05) is 0 Å². The fraction of sp³-hybridized carbons (Fsp3) is 0.0833. The number of thiophene rings is 1. The molecule has 3 aromatic rings. The van der Waals surface area contributed by atoms with Crippen LogP contribution in [0.2, 0.25) is 0 Å². The number of nitrogens with two attached hydrogens (primary N) is 1. The predicted molar refractivity (Wildman–Crippen MR) is 74.1 cm³/mol. The standard InChI is InChI=1S/C12H10BrN3S/c13-12-2-1-11(17-12)8-3-10-4-9(5-14)15-7-16(10)6-8/h1-4,6-7H,5,14H2. The molecule has 0 aliphatic rings. The van der Waals surface area contributed by atoms with Crippen molar-refractivity contribution >= 4 is 32.8 Å². The Bertz CT molecular complexity index is 671. The number of hydrogen-bond donors (Lipinski definition) is 1. The molecule has 3 aromatic heterocycles. The Balaban J connectivity index is 2.13. The van der Waals surface area contributed by atoms with Crippen LogP contribution in [0.1, 0.15) is 5.69 Å². The Kier molecular flexibility index (Phi) is 2.74. The van der Waals surface area contributed by atoms with Crippen LogP contribution in [0.4, 0.5) is 0 Å². The van der Waals surface area contributed by atoms with E-state index in [1.165, 1.54) is 10.4 Å². The van der Waals surface area contributed by atoms with Crippen molar-refractivity contribution in [3.63, 3.8) is 0 Å². The summed E-state index contributed by atoms with van der Waals surface area (Å²) in [6.45, 7) is 0.474. The van der Waals surface area contributed by atoms with Gasteiger partial charge in [0.05, 0.1) is 15.8 Å². The molecule has 2 N–H and O–H groups in total. The van der Waals surface area contributed by atoms with E-state index in [1.54, 1.807) is 11.3 Å². The van der Waals surface area contributed by atoms with E-state index in [1.807, 2.05) is 16.8 Å². The minimum absolute atomic E-state index is 0.474. The van der Waals surface area contributed by atoms with Crippen LogP contribution < -0.4 is 5.73 Å². The van der Waals surface area contributed by atoms with Gasteiger partial charge in [0.15, 0.2) is 0 Å². The molecule has 5 heteroatoms. The molecule has 0 radical (unpaired) electrons. The minimum Gasteiger partial charge on any atom is -0.325 e. The van der Waals surface area contributed by atoms with Gasteiger partial charge >= 0.3 is 0 Å². The molecular weight excluding hydrogens is 298 g/mol. The van der Waals surface area contributed by atoms with E-state index < -0.39 is 0 Å². The quantitative estimate of drug-likeness (QED) is 0.789. The zero-order chi connectivity index (χ0) is 11.8. The van der Waals surface area contributed by atoms with E-state index >= 15 is 0 Å². The maximum absolute atomic E-state index is 5.59. The van der Waals surface area contributed by atoms with Crippen molar-refractivity contribution in [1.82, 2.24) is 9.38 Å². The lowest BCUT2D eigenvalue weighted by Crippen LogP contribution is -2.00. The monoisotopic (exact) mass is 307 g/mol. The van der Waals surface area contributed by atoms with Crippen LogP contribution in [0.25, 0.3) is 16.0 Å². The van der Waals surface area contributed by atoms with E-state index in [0.29, 0.717) is 6.54 Å². The van der Waals surface area contributed by atoms with Crippen molar-refractivity contribution in [2.75, 3.05) is 0 Å². The van der Waals surface area contributed by atoms with Crippen molar-refractivity contribution in [2.24, 2.45) is 5.73 Å². The molecule has 0 fully saturated rings. The van der Waals surface area contributed by atoms with E-state index in [-0.39, 0.29) is 0 Å². The summed E-state index contributed by atoms with van der Waals surface area (Å²) in [5, 5.41) is 0. The van der Waals surface area contributed by atoms with Gasteiger partial charge in [-0.25, -0.2) is 4.98 Å². The summed E-state index contributed by atoms with van der Waals surface area (Å²) in [5.74, 6) is 0. The van der Waals surface area contributed by atoms with Gasteiger partial charge < -0.3 is 10.1 Å². The summed E-state index contributed by atoms with van der Waals surface area (Å²) in [6.07, 6.45) is 3.89. The van der Waals surface area contributed by atoms with Gasteiger partial charge in [0, 0.05) is 28.7 Å². The van der Waals surface area contributed by atoms with Gasteiger partial charge in [-0.15, -0.1) is 11.3 Å². The largest absolute Gasteiger partial charge is 0.325 e. The molecule has 0 aliphatic heterocycles. The SMILES string of the molecule is NCc1cc2cc(-c3ccc(Br)s3)cn2cn1. The van der Waals surface area contributed by atoms with Crippen LogP contribution in [0.3, 0.4) is 0 Å². The highest BCUT2D eigenvalue weighted by atomic mass is 79.9. The van der Waals surface area contributed by atoms with Crippen LogP contribution >= 0.6 is 27.3 Å². The molecule has 0 unspecified atom stereocenters. The second kappa shape index (κ2) is 4.25. The van der Waals surface area contributed by atoms with Crippen LogP contribution in [0.15, 0.2) is 40.6 Å². The second-order valence-corrected chi connectivity index (χ2v) is 6.21. The molecule has 0 saturated heterocycles. The Morgan fingerprint density at radius 3 is 2.94 bits per heavy atom. The van der Waals surface area contributed by atoms with Gasteiger partial charge in [-0.2, -0.15) is 0 Å². The lowest BCUT2D eigenvalue weighted by molar-refractivity contribution is 0.953. The van der Waals surface area contributed by atoms with Gasteiger partial charge in [0.2, 0.25) is 0 Å². The lowest BCUT2D eigenvalue weighted by atomic mass is 10.2. The predicted octanol–water partition coefficient (Wildman–Crippen LogP) is 3.28. The van der Waals surface area contributed by atoms with Crippen molar-refractivity contribution in [2.45, 2.75) is 6.54 Å². The Morgan fingerprint density at radius 1 is 1.35 bits per heavy atom. The zero-order valence-corrected chi connectivity index (χ0v) is 11.3. The van der Waals surface area contributed by atoms with Gasteiger partial charge in [0.1, 0.15) is 0 Å². The molecule has 0 bridgehead atoms. The molecule has 86 valence electrons. The molecule has 3 heterocycles. The van der Waals surface area contributed by atoms with Crippen LogP contribution in [-0.4, -0.2) is 9.38 Å². The first-order valence-electron chi connectivity index (χ1n) is 5.18. The number of nitrogens with zero attached hydrogens (tertiary/aromatic N) is 2. The lowest BCUT2D eigenvalue weighted by Gasteiger charge is -1.96. The second-order valence-electron chi connectivity index (χ2n) is 3.75. The molecule has 0 aromatic carbocycles. The molecule has 0 atom stereocenters. The van der Waals surface area contributed by atoms with E-state index in [2.05, 4.69) is 45.3 Å². The van der Waals surface area contributed by atoms with Crippen molar-refractivity contribution in [3.05, 3.63) is 46.3 Å². The first kappa shape index (κ1) is 11.0. The fourth-order valence-electron chi connectivity index (χ4n) is 1.77. The number of halogens is 1. The molecular formula is C12H10BrN3S. The third-order valence-electron chi connectivity index (χ3n) is 2.61. The average molecular weight is 308 g/mol. The summed E-state index contributed by atoms with van der Waals surface area (Å²) in [5.41, 5.74) is 8.83. The Labute approximate surface area is 111 Å². The number of aromatic nitrogens is 2. The van der Waals surface area contributed by atoms with E-state index in [0.717, 1.165) is 15.0 Å². The highest BCUT2D eigenvalue weighted by Gasteiger charge is 2.05. The third-order valence-corrected chi connectivity index (χ3v) is 4.28. The van der Waals surface area contributed by atoms with Gasteiger partial charge in [-0.05, 0) is 40.2 Å². The molecule has 3 nitrogen and oxygen atoms in total. The highest BCUT2D eigenvalue weighted by molar-refractivity contribution is 9.11. The minimum atomic E-state index is 0.474. The Morgan fingerprint density at radius 2 is 2.24 bits per heavy atom. The molecule has 0 aliphatic carbocycles. The smallest absolute Gasteiger partial charge is 0.0994 e. The van der Waals surface area contributed by atoms with E-state index in [4.69, 9.17) is 5.73 Å². The van der Waals surface area contributed by atoms with Gasteiger partial charge in [0.25, 0.3) is 0 Å². The number of fused-ring (bicyclic) bond motifs is 1. The molecule has 0 spiro atoms. The molecule has 3 rings (SSSR count). The van der Waals surface area contributed by atoms with E-state index in [9.17, 15) is 0 Å². The normalized spacial score (nSPS) is 11.2. The van der Waals surface area contributed by atoms with Crippen molar-refractivity contribution in [3.8, 4) is 10.4 Å². The first-order chi connectivity index (χ1) is 8.26. The summed E-state index contributed by atoms with van der Waals surface area (Å²) in [7, 11) is 0. The van der Waals surface area contributed by atoms with Crippen LogP contribution in [-0.2, 0) is 6.54 Å². The first-order valence-corrected chi connectivity index (χ1v) is 6.79. The summed E-state index contributed by atoms with van der Waals surface area (Å²) in [4.78, 5) is 5.51. The maximum Gasteiger partial charge on any atom is 0.0994 e. The van der Waals surface area contributed by atoms with Crippen molar-refractivity contribution < 1.29 is 0 Å². The summed E-state index contributed by atoms with van der Waals surface area (Å²) >= 11 is 5.20. The number of rotatable bonds is 2. The van der Waals surface area contributed by atoms with Crippen LogP contribution in [0.5, 0.6) is 0 Å². The van der Waals surface area contributed by atoms with Crippen LogP contribution in [0, 0.1) is 0 Å². The van der Waals surface area contributed by atoms with Gasteiger partial charge in [-0.3, -0.25) is 0 Å². The zero-order valence-electron chi connectivity index (χ0n) is 8.93. The molecule has 0 amide bonds. The Hall–Kier alpha value is -1.17. The third kappa shape index (κ3) is 2.01. The molecule has 17 heavy (non-hydrogen) atoms. The summed E-state index contributed by atoms with van der Waals surface area (Å²) in [6, 6.07) is 8.35. The number of hydrogen-bond acceptors (Lipinski definition) is 3. The average Bonchev–Trinajstić information content (AvgIpc) is 2.93. The van der Waals surface area contributed by atoms with Crippen molar-refractivity contribution in [1.29, 1.82) is 0 Å². The highest BCUT2D eigenvalue weighted by Crippen LogP contribution is 2.32. The topological polar surface area (TPSA) is 43.3 Å².